The second-order valence-electron chi connectivity index (χ2n) is 6.68. The van der Waals surface area contributed by atoms with E-state index in [1.54, 1.807) is 6.92 Å². The van der Waals surface area contributed by atoms with E-state index in [0.29, 0.717) is 6.42 Å². The molecule has 0 amide bonds. The van der Waals surface area contributed by atoms with Gasteiger partial charge in [-0.3, -0.25) is 9.42 Å². The molecule has 0 bridgehead atoms. The molecular formula is C17H31O9P. The van der Waals surface area contributed by atoms with Gasteiger partial charge in [0.15, 0.2) is 11.9 Å². The minimum atomic E-state index is -4.67. The van der Waals surface area contributed by atoms with Crippen molar-refractivity contribution in [2.24, 2.45) is 0 Å². The van der Waals surface area contributed by atoms with Crippen LogP contribution in [0.3, 0.4) is 0 Å². The average Bonchev–Trinajstić information content (AvgIpc) is 2.87. The minimum absolute atomic E-state index is 0.545. The first kappa shape index (κ1) is 23.9. The summed E-state index contributed by atoms with van der Waals surface area (Å²) in [4.78, 5) is 21.5. The summed E-state index contributed by atoms with van der Waals surface area (Å²) in [6, 6.07) is 0. The Bertz CT molecular complexity index is 549. The van der Waals surface area contributed by atoms with Gasteiger partial charge in [-0.1, -0.05) is 51.9 Å². The molecule has 4 N–H and O–H groups in total. The number of aliphatic hydroxyl groups is 3. The summed E-state index contributed by atoms with van der Waals surface area (Å²) >= 11 is 0. The van der Waals surface area contributed by atoms with E-state index in [-0.39, 0.29) is 0 Å². The number of carbonyl (C=O) groups excluding carboxylic acids is 1. The standard InChI is InChI=1S/C17H31O9P/c1-3-4-5-6-7-8-9-10-12(2)25-27(22,23)26-16-14(20)15(13(19)11-18)24-17(16)21/h12-13,15,18-20H,3-11H2,1-2H3,(H,22,23)/t12?,13?,15-/m1/s1. The number of ether oxygens (including phenoxy) is 1. The Kier molecular flexibility index (Phi) is 10.3. The van der Waals surface area contributed by atoms with Crippen molar-refractivity contribution < 1.29 is 43.4 Å². The maximum Gasteiger partial charge on any atom is 0.528 e. The lowest BCUT2D eigenvalue weighted by Crippen LogP contribution is -2.31. The zero-order valence-corrected chi connectivity index (χ0v) is 16.8. The molecule has 1 heterocycles. The monoisotopic (exact) mass is 410 g/mol. The molecule has 0 saturated heterocycles. The highest BCUT2D eigenvalue weighted by Crippen LogP contribution is 2.49. The average molecular weight is 410 g/mol. The molecule has 1 aliphatic rings. The molecule has 3 unspecified atom stereocenters. The predicted molar refractivity (Wildman–Crippen MR) is 96.7 cm³/mol. The largest absolute Gasteiger partial charge is 0.528 e. The van der Waals surface area contributed by atoms with E-state index in [1.165, 1.54) is 25.7 Å². The van der Waals surface area contributed by atoms with Crippen molar-refractivity contribution in [3.63, 3.8) is 0 Å². The first-order valence-electron chi connectivity index (χ1n) is 9.35. The van der Waals surface area contributed by atoms with Crippen LogP contribution in [0.4, 0.5) is 0 Å². The molecule has 0 aromatic carbocycles. The summed E-state index contributed by atoms with van der Waals surface area (Å²) in [5, 5.41) is 28.1. The van der Waals surface area contributed by atoms with Gasteiger partial charge in [-0.2, -0.15) is 0 Å². The fourth-order valence-corrected chi connectivity index (χ4v) is 3.71. The van der Waals surface area contributed by atoms with Gasteiger partial charge in [-0.05, 0) is 13.3 Å². The van der Waals surface area contributed by atoms with E-state index in [1.807, 2.05) is 0 Å². The molecule has 4 atom stereocenters. The number of rotatable bonds is 14. The highest BCUT2D eigenvalue weighted by molar-refractivity contribution is 7.47. The molecule has 0 saturated carbocycles. The summed E-state index contributed by atoms with van der Waals surface area (Å²) in [5.41, 5.74) is 0. The molecule has 158 valence electrons. The van der Waals surface area contributed by atoms with Crippen LogP contribution < -0.4 is 0 Å². The Hall–Kier alpha value is -1.12. The van der Waals surface area contributed by atoms with Crippen molar-refractivity contribution in [1.82, 2.24) is 0 Å². The van der Waals surface area contributed by atoms with Crippen LogP contribution in [0.5, 0.6) is 0 Å². The van der Waals surface area contributed by atoms with Crippen LogP contribution >= 0.6 is 7.82 Å². The van der Waals surface area contributed by atoms with Crippen molar-refractivity contribution in [3.8, 4) is 0 Å². The lowest BCUT2D eigenvalue weighted by atomic mass is 10.1. The van der Waals surface area contributed by atoms with Crippen LogP contribution in [0.15, 0.2) is 11.5 Å². The highest BCUT2D eigenvalue weighted by atomic mass is 31.2. The Morgan fingerprint density at radius 3 is 2.37 bits per heavy atom. The lowest BCUT2D eigenvalue weighted by Gasteiger charge is -2.17. The number of unbranched alkanes of at least 4 members (excludes halogenated alkanes) is 6. The van der Waals surface area contributed by atoms with Crippen LogP contribution in [0, 0.1) is 0 Å². The number of cyclic esters (lactones) is 1. The quantitative estimate of drug-likeness (QED) is 0.193. The second kappa shape index (κ2) is 11.7. The molecule has 1 aliphatic heterocycles. The SMILES string of the molecule is CCCCCCCCCC(C)OP(=O)(O)OC1=C(O)[C@@H](C(O)CO)OC1=O. The van der Waals surface area contributed by atoms with Crippen LogP contribution in [0.2, 0.25) is 0 Å². The van der Waals surface area contributed by atoms with E-state index >= 15 is 0 Å². The van der Waals surface area contributed by atoms with Crippen molar-refractivity contribution in [3.05, 3.63) is 11.5 Å². The van der Waals surface area contributed by atoms with Gasteiger partial charge in [0.05, 0.1) is 12.7 Å². The Morgan fingerprint density at radius 2 is 1.78 bits per heavy atom. The van der Waals surface area contributed by atoms with Gasteiger partial charge < -0.3 is 24.6 Å². The van der Waals surface area contributed by atoms with Gasteiger partial charge in [0, 0.05) is 0 Å². The van der Waals surface area contributed by atoms with E-state index in [0.717, 1.165) is 19.3 Å². The Labute approximate surface area is 159 Å². The number of hydrogen-bond donors (Lipinski definition) is 4. The van der Waals surface area contributed by atoms with Crippen molar-refractivity contribution in [2.75, 3.05) is 6.61 Å². The van der Waals surface area contributed by atoms with Gasteiger partial charge in [-0.15, -0.1) is 0 Å². The van der Waals surface area contributed by atoms with Crippen molar-refractivity contribution >= 4 is 13.8 Å². The number of esters is 1. The topological polar surface area (TPSA) is 143 Å². The molecule has 0 aromatic heterocycles. The van der Waals surface area contributed by atoms with E-state index in [9.17, 15) is 24.5 Å². The van der Waals surface area contributed by atoms with Crippen molar-refractivity contribution in [2.45, 2.75) is 83.5 Å². The molecule has 0 aliphatic carbocycles. The molecule has 1 rings (SSSR count). The third kappa shape index (κ3) is 8.19. The normalized spacial score (nSPS) is 21.7. The molecule has 0 radical (unpaired) electrons. The van der Waals surface area contributed by atoms with Crippen LogP contribution in [0.25, 0.3) is 0 Å². The number of phosphoric acid groups is 1. The summed E-state index contributed by atoms with van der Waals surface area (Å²) < 4.78 is 26.3. The number of hydrogen-bond acceptors (Lipinski definition) is 8. The van der Waals surface area contributed by atoms with E-state index in [2.05, 4.69) is 16.2 Å². The summed E-state index contributed by atoms with van der Waals surface area (Å²) in [6.45, 7) is 2.99. The molecule has 10 heteroatoms. The van der Waals surface area contributed by atoms with Gasteiger partial charge in [0.2, 0.25) is 0 Å². The second-order valence-corrected chi connectivity index (χ2v) is 8.01. The maximum absolute atomic E-state index is 12.1. The third-order valence-electron chi connectivity index (χ3n) is 4.19. The molecule has 0 aromatic rings. The van der Waals surface area contributed by atoms with Crippen LogP contribution in [0.1, 0.15) is 65.2 Å². The molecule has 0 spiro atoms. The maximum atomic E-state index is 12.1. The van der Waals surface area contributed by atoms with Crippen LogP contribution in [-0.2, 0) is 23.1 Å². The minimum Gasteiger partial charge on any atom is -0.505 e. The summed E-state index contributed by atoms with van der Waals surface area (Å²) in [5.74, 6) is -2.98. The number of carbonyl (C=O) groups is 1. The molecule has 0 fully saturated rings. The molecular weight excluding hydrogens is 379 g/mol. The molecule has 9 nitrogen and oxygen atoms in total. The first-order chi connectivity index (χ1) is 12.7. The predicted octanol–water partition coefficient (Wildman–Crippen LogP) is 2.70. The highest BCUT2D eigenvalue weighted by Gasteiger charge is 2.43. The van der Waals surface area contributed by atoms with Crippen LogP contribution in [-0.4, -0.2) is 51.1 Å². The zero-order valence-electron chi connectivity index (χ0n) is 15.9. The fraction of sp³-hybridized carbons (Fsp3) is 0.824. The van der Waals surface area contributed by atoms with Crippen molar-refractivity contribution in [1.29, 1.82) is 0 Å². The zero-order chi connectivity index (χ0) is 20.4. The summed E-state index contributed by atoms with van der Waals surface area (Å²) in [6.07, 6.45) is 4.54. The Morgan fingerprint density at radius 1 is 1.19 bits per heavy atom. The third-order valence-corrected chi connectivity index (χ3v) is 5.23. The number of aliphatic hydroxyl groups excluding tert-OH is 3. The van der Waals surface area contributed by atoms with E-state index in [4.69, 9.17) is 9.63 Å². The smallest absolute Gasteiger partial charge is 0.505 e. The van der Waals surface area contributed by atoms with Gasteiger partial charge in [-0.25, -0.2) is 9.36 Å². The first-order valence-corrected chi connectivity index (χ1v) is 10.8. The number of phosphoric ester groups is 1. The Balaban J connectivity index is 2.45. The fourth-order valence-electron chi connectivity index (χ4n) is 2.70. The lowest BCUT2D eigenvalue weighted by molar-refractivity contribution is -0.147. The summed E-state index contributed by atoms with van der Waals surface area (Å²) in [7, 11) is -4.67. The molecule has 27 heavy (non-hydrogen) atoms. The van der Waals surface area contributed by atoms with Gasteiger partial charge >= 0.3 is 13.8 Å². The van der Waals surface area contributed by atoms with Gasteiger partial charge in [0.25, 0.3) is 5.76 Å². The van der Waals surface area contributed by atoms with E-state index < -0.39 is 50.2 Å². The van der Waals surface area contributed by atoms with Gasteiger partial charge in [0.1, 0.15) is 6.10 Å².